The maximum atomic E-state index is 11.5. The van der Waals surface area contributed by atoms with Gasteiger partial charge in [0.15, 0.2) is 0 Å². The molecule has 0 spiro atoms. The van der Waals surface area contributed by atoms with Crippen molar-refractivity contribution in [1.82, 2.24) is 5.32 Å². The molecule has 0 aromatic heterocycles. The summed E-state index contributed by atoms with van der Waals surface area (Å²) in [7, 11) is 0. The molecule has 0 radical (unpaired) electrons. The Bertz CT molecular complexity index is 293. The van der Waals surface area contributed by atoms with Gasteiger partial charge in [-0.15, -0.1) is 0 Å². The molecule has 0 saturated carbocycles. The SMILES string of the molecule is CC(CCCOC(=O)NC(C)(C)C)OCCOCCCCCN. The zero-order valence-corrected chi connectivity index (χ0v) is 15.4. The first kappa shape index (κ1) is 22.1. The van der Waals surface area contributed by atoms with Crippen molar-refractivity contribution in [2.24, 2.45) is 5.73 Å². The van der Waals surface area contributed by atoms with E-state index in [0.29, 0.717) is 19.8 Å². The summed E-state index contributed by atoms with van der Waals surface area (Å²) >= 11 is 0. The van der Waals surface area contributed by atoms with E-state index in [-0.39, 0.29) is 17.7 Å². The molecule has 6 heteroatoms. The van der Waals surface area contributed by atoms with Crippen molar-refractivity contribution < 1.29 is 19.0 Å². The van der Waals surface area contributed by atoms with Crippen molar-refractivity contribution in [2.45, 2.75) is 71.4 Å². The molecule has 0 heterocycles. The van der Waals surface area contributed by atoms with Gasteiger partial charge >= 0.3 is 6.09 Å². The lowest BCUT2D eigenvalue weighted by Crippen LogP contribution is -2.41. The fraction of sp³-hybridized carbons (Fsp3) is 0.941. The van der Waals surface area contributed by atoms with Gasteiger partial charge in [0.05, 0.1) is 25.9 Å². The quantitative estimate of drug-likeness (QED) is 0.507. The molecule has 23 heavy (non-hydrogen) atoms. The summed E-state index contributed by atoms with van der Waals surface area (Å²) in [4.78, 5) is 11.5. The third-order valence-corrected chi connectivity index (χ3v) is 3.09. The Hall–Kier alpha value is -0.850. The molecular weight excluding hydrogens is 296 g/mol. The molecule has 3 N–H and O–H groups in total. The molecule has 1 amide bonds. The highest BCUT2D eigenvalue weighted by atomic mass is 16.5. The van der Waals surface area contributed by atoms with E-state index in [9.17, 15) is 4.79 Å². The Morgan fingerprint density at radius 1 is 1.04 bits per heavy atom. The highest BCUT2D eigenvalue weighted by Crippen LogP contribution is 2.03. The van der Waals surface area contributed by atoms with Crippen LogP contribution in [0.3, 0.4) is 0 Å². The molecule has 0 aliphatic rings. The lowest BCUT2D eigenvalue weighted by atomic mass is 10.1. The Morgan fingerprint density at radius 2 is 1.78 bits per heavy atom. The van der Waals surface area contributed by atoms with Crippen LogP contribution in [0.5, 0.6) is 0 Å². The molecule has 0 saturated heterocycles. The van der Waals surface area contributed by atoms with E-state index in [2.05, 4.69) is 5.32 Å². The van der Waals surface area contributed by atoms with Gasteiger partial charge in [0.2, 0.25) is 0 Å². The molecule has 0 aromatic carbocycles. The van der Waals surface area contributed by atoms with E-state index in [4.69, 9.17) is 19.9 Å². The third kappa shape index (κ3) is 17.3. The monoisotopic (exact) mass is 332 g/mol. The molecule has 1 atom stereocenters. The number of carbonyl (C=O) groups excluding carboxylic acids is 1. The molecule has 138 valence electrons. The highest BCUT2D eigenvalue weighted by molar-refractivity contribution is 5.67. The average molecular weight is 332 g/mol. The first-order valence-corrected chi connectivity index (χ1v) is 8.69. The fourth-order valence-corrected chi connectivity index (χ4v) is 1.90. The van der Waals surface area contributed by atoms with E-state index in [1.807, 2.05) is 27.7 Å². The summed E-state index contributed by atoms with van der Waals surface area (Å²) < 4.78 is 16.3. The van der Waals surface area contributed by atoms with Crippen LogP contribution in [-0.2, 0) is 14.2 Å². The number of alkyl carbamates (subject to hydrolysis) is 1. The number of carbonyl (C=O) groups is 1. The highest BCUT2D eigenvalue weighted by Gasteiger charge is 2.14. The van der Waals surface area contributed by atoms with Gasteiger partial charge in [0, 0.05) is 12.1 Å². The molecule has 0 fully saturated rings. The number of hydrogen-bond acceptors (Lipinski definition) is 5. The first-order chi connectivity index (χ1) is 10.8. The topological polar surface area (TPSA) is 82.8 Å². The normalized spacial score (nSPS) is 12.9. The van der Waals surface area contributed by atoms with Crippen LogP contribution in [-0.4, -0.2) is 50.7 Å². The molecular formula is C17H36N2O4. The van der Waals surface area contributed by atoms with Gasteiger partial charge in [-0.05, 0) is 66.3 Å². The van der Waals surface area contributed by atoms with Crippen LogP contribution in [0.15, 0.2) is 0 Å². The van der Waals surface area contributed by atoms with E-state index < -0.39 is 0 Å². The molecule has 0 rings (SSSR count). The number of nitrogens with one attached hydrogen (secondary N) is 1. The predicted molar refractivity (Wildman–Crippen MR) is 92.6 cm³/mol. The van der Waals surface area contributed by atoms with Crippen molar-refractivity contribution in [3.05, 3.63) is 0 Å². The van der Waals surface area contributed by atoms with Crippen LogP contribution in [0.2, 0.25) is 0 Å². The molecule has 6 nitrogen and oxygen atoms in total. The Labute approximate surface area is 141 Å². The van der Waals surface area contributed by atoms with Crippen LogP contribution in [0.25, 0.3) is 0 Å². The van der Waals surface area contributed by atoms with Crippen molar-refractivity contribution in [1.29, 1.82) is 0 Å². The van der Waals surface area contributed by atoms with Gasteiger partial charge in [-0.2, -0.15) is 0 Å². The van der Waals surface area contributed by atoms with Gasteiger partial charge in [-0.3, -0.25) is 0 Å². The van der Waals surface area contributed by atoms with Crippen LogP contribution in [0, 0.1) is 0 Å². The third-order valence-electron chi connectivity index (χ3n) is 3.09. The van der Waals surface area contributed by atoms with Gasteiger partial charge in [0.1, 0.15) is 0 Å². The molecule has 0 aromatic rings. The van der Waals surface area contributed by atoms with E-state index in [1.165, 1.54) is 0 Å². The summed E-state index contributed by atoms with van der Waals surface area (Å²) in [5.74, 6) is 0. The lowest BCUT2D eigenvalue weighted by molar-refractivity contribution is 0.00582. The Morgan fingerprint density at radius 3 is 2.43 bits per heavy atom. The largest absolute Gasteiger partial charge is 0.450 e. The van der Waals surface area contributed by atoms with Crippen molar-refractivity contribution >= 4 is 6.09 Å². The van der Waals surface area contributed by atoms with Crippen LogP contribution >= 0.6 is 0 Å². The van der Waals surface area contributed by atoms with Crippen LogP contribution in [0.4, 0.5) is 4.79 Å². The van der Waals surface area contributed by atoms with Crippen LogP contribution in [0.1, 0.15) is 59.8 Å². The number of unbranched alkanes of at least 4 members (excludes halogenated alkanes) is 2. The summed E-state index contributed by atoms with van der Waals surface area (Å²) in [6.07, 6.45) is 4.67. The van der Waals surface area contributed by atoms with Crippen molar-refractivity contribution in [3.63, 3.8) is 0 Å². The Kier molecular flexibility index (Phi) is 13.1. The maximum Gasteiger partial charge on any atom is 0.407 e. The summed E-state index contributed by atoms with van der Waals surface area (Å²) in [5, 5.41) is 2.76. The zero-order chi connectivity index (χ0) is 17.6. The standard InChI is InChI=1S/C17H36N2O4/c1-15(22-14-13-21-11-7-5-6-10-18)9-8-12-23-16(20)19-17(2,3)4/h15H,5-14,18H2,1-4H3,(H,19,20). The van der Waals surface area contributed by atoms with Gasteiger partial charge in [-0.25, -0.2) is 4.79 Å². The summed E-state index contributed by atoms with van der Waals surface area (Å²) in [6.45, 7) is 10.9. The zero-order valence-electron chi connectivity index (χ0n) is 15.4. The number of nitrogens with two attached hydrogens (primary N) is 1. The summed E-state index contributed by atoms with van der Waals surface area (Å²) in [5.41, 5.74) is 5.16. The second kappa shape index (κ2) is 13.6. The second-order valence-corrected chi connectivity index (χ2v) is 6.80. The number of amides is 1. The number of hydrogen-bond donors (Lipinski definition) is 2. The van der Waals surface area contributed by atoms with Gasteiger partial charge in [0.25, 0.3) is 0 Å². The van der Waals surface area contributed by atoms with Crippen LogP contribution < -0.4 is 11.1 Å². The Balaban J connectivity index is 3.37. The van der Waals surface area contributed by atoms with Gasteiger partial charge < -0.3 is 25.3 Å². The smallest absolute Gasteiger partial charge is 0.407 e. The average Bonchev–Trinajstić information content (AvgIpc) is 2.44. The van der Waals surface area contributed by atoms with Gasteiger partial charge in [-0.1, -0.05) is 0 Å². The second-order valence-electron chi connectivity index (χ2n) is 6.80. The maximum absolute atomic E-state index is 11.5. The molecule has 1 unspecified atom stereocenters. The van der Waals surface area contributed by atoms with E-state index in [1.54, 1.807) is 0 Å². The number of rotatable bonds is 13. The molecule has 0 aliphatic heterocycles. The van der Waals surface area contributed by atoms with Crippen molar-refractivity contribution in [3.8, 4) is 0 Å². The minimum atomic E-state index is -0.367. The molecule has 0 aliphatic carbocycles. The van der Waals surface area contributed by atoms with E-state index >= 15 is 0 Å². The minimum absolute atomic E-state index is 0.144. The molecule has 0 bridgehead atoms. The summed E-state index contributed by atoms with van der Waals surface area (Å²) in [6, 6.07) is 0. The van der Waals surface area contributed by atoms with Crippen molar-refractivity contribution in [2.75, 3.05) is 33.0 Å². The predicted octanol–water partition coefficient (Wildman–Crippen LogP) is 2.84. The fourth-order valence-electron chi connectivity index (χ4n) is 1.90. The first-order valence-electron chi connectivity index (χ1n) is 8.69. The number of ether oxygens (including phenoxy) is 3. The van der Waals surface area contributed by atoms with E-state index in [0.717, 1.165) is 45.3 Å². The lowest BCUT2D eigenvalue weighted by Gasteiger charge is -2.20. The minimum Gasteiger partial charge on any atom is -0.450 e.